The molecule has 9 heteroatoms. The molecule has 3 N–H and O–H groups in total. The van der Waals surface area contributed by atoms with E-state index >= 15 is 0 Å². The summed E-state index contributed by atoms with van der Waals surface area (Å²) in [4.78, 5) is 36.0. The topological polar surface area (TPSA) is 104 Å². The Labute approximate surface area is 140 Å². The van der Waals surface area contributed by atoms with Gasteiger partial charge in [-0.1, -0.05) is 23.7 Å². The van der Waals surface area contributed by atoms with Crippen LogP contribution in [0.2, 0.25) is 5.02 Å². The normalized spacial score (nSPS) is 11.0. The second kappa shape index (κ2) is 5.57. The van der Waals surface area contributed by atoms with Crippen LogP contribution < -0.4 is 22.4 Å². The molecule has 0 bridgehead atoms. The van der Waals surface area contributed by atoms with Crippen molar-refractivity contribution in [3.05, 3.63) is 56.3 Å². The van der Waals surface area contributed by atoms with Crippen molar-refractivity contribution >= 4 is 28.5 Å². The molecule has 0 aliphatic heterocycles. The van der Waals surface area contributed by atoms with Gasteiger partial charge in [-0.05, 0) is 12.1 Å². The van der Waals surface area contributed by atoms with Crippen LogP contribution in [0.25, 0.3) is 22.2 Å². The van der Waals surface area contributed by atoms with E-state index < -0.39 is 17.3 Å². The molecule has 8 nitrogen and oxygen atoms in total. The van der Waals surface area contributed by atoms with E-state index in [0.29, 0.717) is 21.8 Å². The summed E-state index contributed by atoms with van der Waals surface area (Å²) in [5.74, 6) is 0. The third-order valence-corrected chi connectivity index (χ3v) is 4.04. The number of nitrogens with zero attached hydrogens (tertiary/aromatic N) is 3. The second-order valence-corrected chi connectivity index (χ2v) is 5.73. The zero-order valence-corrected chi connectivity index (χ0v) is 13.7. The molecule has 0 saturated heterocycles. The fourth-order valence-electron chi connectivity index (χ4n) is 2.64. The van der Waals surface area contributed by atoms with E-state index in [4.69, 9.17) is 17.3 Å². The number of amides is 2. The predicted octanol–water partition coefficient (Wildman–Crippen LogP) is 0.981. The van der Waals surface area contributed by atoms with Gasteiger partial charge >= 0.3 is 11.7 Å². The maximum absolute atomic E-state index is 12.6. The van der Waals surface area contributed by atoms with Crippen LogP contribution in [0.4, 0.5) is 4.79 Å². The summed E-state index contributed by atoms with van der Waals surface area (Å²) in [5, 5.41) is 0.819. The molecule has 3 aromatic rings. The number of carbonyl (C=O) groups excluding carboxylic acids is 1. The minimum Gasteiger partial charge on any atom is -0.350 e. The van der Waals surface area contributed by atoms with Crippen molar-refractivity contribution in [3.63, 3.8) is 0 Å². The van der Waals surface area contributed by atoms with Gasteiger partial charge in [-0.3, -0.25) is 18.6 Å². The Bertz CT molecular complexity index is 1080. The smallest absolute Gasteiger partial charge is 0.331 e. The number of urea groups is 1. The highest BCUT2D eigenvalue weighted by molar-refractivity contribution is 6.30. The van der Waals surface area contributed by atoms with Crippen molar-refractivity contribution in [3.8, 4) is 11.3 Å². The van der Waals surface area contributed by atoms with Gasteiger partial charge in [-0.15, -0.1) is 0 Å². The fraction of sp³-hybridized carbons (Fsp3) is 0.133. The molecule has 0 spiro atoms. The lowest BCUT2D eigenvalue weighted by molar-refractivity contribution is 0.257. The second-order valence-electron chi connectivity index (χ2n) is 5.30. The molecule has 24 heavy (non-hydrogen) atoms. The van der Waals surface area contributed by atoms with E-state index in [0.717, 1.165) is 4.57 Å². The van der Waals surface area contributed by atoms with Gasteiger partial charge in [0.05, 0.1) is 22.8 Å². The molecule has 0 unspecified atom stereocenters. The summed E-state index contributed by atoms with van der Waals surface area (Å²) in [5.41, 5.74) is 8.13. The standard InChI is InChI=1S/C15H14ClN5O3/c1-19-10-7-21(18-14(17)23)12(8-3-5-9(16)6-4-8)11(10)13(22)20(2)15(19)24/h3-7H,1-2H3,(H3,17,18,23). The van der Waals surface area contributed by atoms with Gasteiger partial charge in [0.25, 0.3) is 5.56 Å². The zero-order valence-electron chi connectivity index (χ0n) is 12.9. The molecule has 0 radical (unpaired) electrons. The number of nitrogens with two attached hydrogens (primary N) is 1. The molecule has 2 heterocycles. The number of primary amides is 1. The maximum atomic E-state index is 12.6. The quantitative estimate of drug-likeness (QED) is 0.722. The zero-order chi connectivity index (χ0) is 17.6. The van der Waals surface area contributed by atoms with Crippen LogP contribution in [0.3, 0.4) is 0 Å². The molecule has 1 aromatic carbocycles. The molecule has 2 amide bonds. The van der Waals surface area contributed by atoms with Crippen molar-refractivity contribution in [2.45, 2.75) is 0 Å². The van der Waals surface area contributed by atoms with E-state index in [1.807, 2.05) is 0 Å². The van der Waals surface area contributed by atoms with Crippen LogP contribution in [-0.4, -0.2) is 19.8 Å². The summed E-state index contributed by atoms with van der Waals surface area (Å²) >= 11 is 5.91. The number of halogens is 1. The molecule has 124 valence electrons. The van der Waals surface area contributed by atoms with E-state index in [9.17, 15) is 14.4 Å². The number of carbonyl (C=O) groups is 1. The Morgan fingerprint density at radius 3 is 2.33 bits per heavy atom. The first-order chi connectivity index (χ1) is 11.3. The number of nitrogens with one attached hydrogen (secondary N) is 1. The molecule has 0 saturated carbocycles. The minimum atomic E-state index is -0.799. The highest BCUT2D eigenvalue weighted by Gasteiger charge is 2.20. The van der Waals surface area contributed by atoms with E-state index in [1.54, 1.807) is 31.3 Å². The molecule has 0 aliphatic rings. The highest BCUT2D eigenvalue weighted by atomic mass is 35.5. The number of aryl methyl sites for hydroxylation is 1. The maximum Gasteiger partial charge on any atom is 0.331 e. The Morgan fingerprint density at radius 1 is 1.12 bits per heavy atom. The summed E-state index contributed by atoms with van der Waals surface area (Å²) in [6.45, 7) is 0. The largest absolute Gasteiger partial charge is 0.350 e. The molecule has 3 rings (SSSR count). The van der Waals surface area contributed by atoms with E-state index in [2.05, 4.69) is 5.43 Å². The average Bonchev–Trinajstić information content (AvgIpc) is 2.90. The number of hydrogen-bond donors (Lipinski definition) is 2. The molecule has 0 aliphatic carbocycles. The van der Waals surface area contributed by atoms with Crippen molar-refractivity contribution in [2.24, 2.45) is 19.8 Å². The Morgan fingerprint density at radius 2 is 1.75 bits per heavy atom. The molecule has 0 fully saturated rings. The molecule has 0 atom stereocenters. The van der Waals surface area contributed by atoms with Crippen molar-refractivity contribution in [2.75, 3.05) is 5.43 Å². The molecular formula is C15H14ClN5O3. The van der Waals surface area contributed by atoms with E-state index in [1.165, 1.54) is 22.5 Å². The van der Waals surface area contributed by atoms with Gasteiger partial charge in [-0.25, -0.2) is 15.0 Å². The van der Waals surface area contributed by atoms with Crippen LogP contribution in [0, 0.1) is 0 Å². The lowest BCUT2D eigenvalue weighted by atomic mass is 10.1. The number of benzene rings is 1. The molecular weight excluding hydrogens is 334 g/mol. The van der Waals surface area contributed by atoms with Crippen molar-refractivity contribution in [1.29, 1.82) is 0 Å². The van der Waals surface area contributed by atoms with E-state index in [-0.39, 0.29) is 5.39 Å². The first-order valence-corrected chi connectivity index (χ1v) is 7.32. The Kier molecular flexibility index (Phi) is 3.69. The summed E-state index contributed by atoms with van der Waals surface area (Å²) in [6, 6.07) is 5.95. The number of rotatable bonds is 2. The van der Waals surface area contributed by atoms with Gasteiger partial charge in [0.1, 0.15) is 0 Å². The average molecular weight is 348 g/mol. The predicted molar refractivity (Wildman–Crippen MR) is 91.8 cm³/mol. The van der Waals surface area contributed by atoms with Gasteiger partial charge in [-0.2, -0.15) is 0 Å². The number of hydrogen-bond acceptors (Lipinski definition) is 3. The monoisotopic (exact) mass is 347 g/mol. The fourth-order valence-corrected chi connectivity index (χ4v) is 2.76. The highest BCUT2D eigenvalue weighted by Crippen LogP contribution is 2.28. The first-order valence-electron chi connectivity index (χ1n) is 6.94. The first kappa shape index (κ1) is 15.9. The lowest BCUT2D eigenvalue weighted by Crippen LogP contribution is -2.36. The number of aromatic nitrogens is 3. The minimum absolute atomic E-state index is 0.288. The van der Waals surface area contributed by atoms with Crippen LogP contribution in [0.15, 0.2) is 40.1 Å². The number of fused-ring (bicyclic) bond motifs is 1. The van der Waals surface area contributed by atoms with Crippen LogP contribution >= 0.6 is 11.6 Å². The summed E-state index contributed by atoms with van der Waals surface area (Å²) in [6.07, 6.45) is 1.48. The van der Waals surface area contributed by atoms with Gasteiger partial charge < -0.3 is 5.73 Å². The molecule has 2 aromatic heterocycles. The third-order valence-electron chi connectivity index (χ3n) is 3.79. The van der Waals surface area contributed by atoms with Crippen molar-refractivity contribution in [1.82, 2.24) is 13.8 Å². The third kappa shape index (κ3) is 2.37. The van der Waals surface area contributed by atoms with Crippen LogP contribution in [0.1, 0.15) is 0 Å². The Hall–Kier alpha value is -3.00. The Balaban J connectivity index is 2.48. The SMILES string of the molecule is Cn1c(=O)c2c(-c3ccc(Cl)cc3)n(NC(N)=O)cc2n(C)c1=O. The van der Waals surface area contributed by atoms with Crippen LogP contribution in [-0.2, 0) is 14.1 Å². The summed E-state index contributed by atoms with van der Waals surface area (Å²) in [7, 11) is 2.94. The van der Waals surface area contributed by atoms with Gasteiger partial charge in [0.2, 0.25) is 0 Å². The van der Waals surface area contributed by atoms with Gasteiger partial charge in [0.15, 0.2) is 0 Å². The van der Waals surface area contributed by atoms with Crippen molar-refractivity contribution < 1.29 is 4.79 Å². The van der Waals surface area contributed by atoms with Crippen LogP contribution in [0.5, 0.6) is 0 Å². The van der Waals surface area contributed by atoms with Gasteiger partial charge in [0, 0.05) is 24.7 Å². The lowest BCUT2D eigenvalue weighted by Gasteiger charge is -2.09. The summed E-state index contributed by atoms with van der Waals surface area (Å²) < 4.78 is 3.67.